The smallest absolute Gasteiger partial charge is 0.157 e. The molecule has 4 heteroatoms. The number of benzene rings is 1. The van der Waals surface area contributed by atoms with Crippen LogP contribution in [0, 0.1) is 0 Å². The molecule has 1 aliphatic heterocycles. The zero-order valence-corrected chi connectivity index (χ0v) is 12.3. The van der Waals surface area contributed by atoms with Crippen LogP contribution in [0.4, 0.5) is 0 Å². The van der Waals surface area contributed by atoms with E-state index in [1.807, 2.05) is 6.07 Å². The molecule has 1 heterocycles. The van der Waals surface area contributed by atoms with Crippen LogP contribution >= 0.6 is 0 Å². The van der Waals surface area contributed by atoms with Crippen molar-refractivity contribution in [2.45, 2.75) is 38.6 Å². The summed E-state index contributed by atoms with van der Waals surface area (Å²) < 4.78 is 0. The van der Waals surface area contributed by atoms with Crippen molar-refractivity contribution in [2.24, 2.45) is 0 Å². The first-order valence-corrected chi connectivity index (χ1v) is 7.69. The van der Waals surface area contributed by atoms with Crippen molar-refractivity contribution in [2.75, 3.05) is 26.2 Å². The maximum absolute atomic E-state index is 9.74. The van der Waals surface area contributed by atoms with Crippen molar-refractivity contribution in [3.05, 3.63) is 23.8 Å². The molecule has 4 nitrogen and oxygen atoms in total. The molecule has 1 fully saturated rings. The summed E-state index contributed by atoms with van der Waals surface area (Å²) in [4.78, 5) is 2.48. The number of hydrogen-bond donors (Lipinski definition) is 3. The Morgan fingerprint density at radius 1 is 1.15 bits per heavy atom. The van der Waals surface area contributed by atoms with E-state index in [0.29, 0.717) is 6.04 Å². The van der Waals surface area contributed by atoms with Gasteiger partial charge in [-0.05, 0) is 24.1 Å². The minimum absolute atomic E-state index is 0.0156. The summed E-state index contributed by atoms with van der Waals surface area (Å²) in [5, 5.41) is 22.6. The number of nitrogens with zero attached hydrogens (tertiary/aromatic N) is 1. The second kappa shape index (κ2) is 7.50. The fraction of sp³-hybridized carbons (Fsp3) is 0.625. The molecule has 1 saturated heterocycles. The maximum Gasteiger partial charge on any atom is 0.157 e. The van der Waals surface area contributed by atoms with E-state index in [9.17, 15) is 10.2 Å². The molecule has 0 aromatic heterocycles. The van der Waals surface area contributed by atoms with Crippen LogP contribution in [-0.4, -0.2) is 41.3 Å². The Morgan fingerprint density at radius 3 is 2.55 bits per heavy atom. The van der Waals surface area contributed by atoms with Crippen LogP contribution < -0.4 is 5.32 Å². The second-order valence-corrected chi connectivity index (χ2v) is 5.55. The molecule has 0 unspecified atom stereocenters. The molecule has 2 rings (SSSR count). The van der Waals surface area contributed by atoms with Crippen LogP contribution in [0.25, 0.3) is 0 Å². The van der Waals surface area contributed by atoms with Crippen molar-refractivity contribution < 1.29 is 10.2 Å². The molecule has 0 spiro atoms. The highest BCUT2D eigenvalue weighted by atomic mass is 16.3. The predicted molar refractivity (Wildman–Crippen MR) is 81.1 cm³/mol. The van der Waals surface area contributed by atoms with E-state index in [-0.39, 0.29) is 11.5 Å². The predicted octanol–water partition coefficient (Wildman–Crippen LogP) is 2.62. The summed E-state index contributed by atoms with van der Waals surface area (Å²) in [6.07, 6.45) is 4.77. The van der Waals surface area contributed by atoms with Gasteiger partial charge in [0.1, 0.15) is 0 Å². The van der Waals surface area contributed by atoms with Crippen molar-refractivity contribution in [1.29, 1.82) is 0 Å². The zero-order chi connectivity index (χ0) is 14.4. The van der Waals surface area contributed by atoms with Crippen LogP contribution in [-0.2, 0) is 0 Å². The highest BCUT2D eigenvalue weighted by Crippen LogP contribution is 2.33. The standard InChI is InChI=1S/C16H26N2O2/c1-2-3-4-5-14(18-10-8-17-9-11-18)13-6-7-15(19)16(20)12-13/h6-7,12,14,17,19-20H,2-5,8-11H2,1H3/t14-/m1/s1. The number of rotatable bonds is 6. The van der Waals surface area contributed by atoms with E-state index in [0.717, 1.165) is 38.2 Å². The van der Waals surface area contributed by atoms with E-state index in [4.69, 9.17) is 0 Å². The van der Waals surface area contributed by atoms with Gasteiger partial charge in [-0.2, -0.15) is 0 Å². The Kier molecular flexibility index (Phi) is 5.68. The molecule has 1 aliphatic rings. The van der Waals surface area contributed by atoms with Crippen LogP contribution in [0.5, 0.6) is 11.5 Å². The molecule has 3 N–H and O–H groups in total. The Bertz CT molecular complexity index is 417. The summed E-state index contributed by atoms with van der Waals surface area (Å²) in [6.45, 7) is 6.34. The lowest BCUT2D eigenvalue weighted by Gasteiger charge is -2.35. The van der Waals surface area contributed by atoms with Crippen LogP contribution in [0.3, 0.4) is 0 Å². The first-order valence-electron chi connectivity index (χ1n) is 7.69. The molecule has 0 bridgehead atoms. The number of piperazine rings is 1. The Morgan fingerprint density at radius 2 is 1.90 bits per heavy atom. The number of phenols is 2. The largest absolute Gasteiger partial charge is 0.504 e. The Labute approximate surface area is 121 Å². The third-order valence-electron chi connectivity index (χ3n) is 4.06. The number of phenolic OH excluding ortho intramolecular Hbond substituents is 2. The van der Waals surface area contributed by atoms with Gasteiger partial charge in [0, 0.05) is 32.2 Å². The van der Waals surface area contributed by atoms with Crippen LogP contribution in [0.15, 0.2) is 18.2 Å². The van der Waals surface area contributed by atoms with Gasteiger partial charge in [0.05, 0.1) is 0 Å². The number of aromatic hydroxyl groups is 2. The molecule has 0 radical (unpaired) electrons. The first kappa shape index (κ1) is 15.1. The van der Waals surface area contributed by atoms with Crippen LogP contribution in [0.1, 0.15) is 44.2 Å². The normalized spacial score (nSPS) is 18.1. The average molecular weight is 278 g/mol. The quantitative estimate of drug-likeness (QED) is 0.553. The second-order valence-electron chi connectivity index (χ2n) is 5.55. The third-order valence-corrected chi connectivity index (χ3v) is 4.06. The zero-order valence-electron chi connectivity index (χ0n) is 12.3. The molecule has 0 amide bonds. The van der Waals surface area contributed by atoms with E-state index >= 15 is 0 Å². The van der Waals surface area contributed by atoms with Gasteiger partial charge in [-0.15, -0.1) is 0 Å². The minimum Gasteiger partial charge on any atom is -0.504 e. The fourth-order valence-corrected chi connectivity index (χ4v) is 2.89. The van der Waals surface area contributed by atoms with Gasteiger partial charge < -0.3 is 15.5 Å². The van der Waals surface area contributed by atoms with Gasteiger partial charge in [0.15, 0.2) is 11.5 Å². The Hall–Kier alpha value is -1.26. The van der Waals surface area contributed by atoms with E-state index in [2.05, 4.69) is 17.1 Å². The van der Waals surface area contributed by atoms with Crippen molar-refractivity contribution in [1.82, 2.24) is 10.2 Å². The van der Waals surface area contributed by atoms with Gasteiger partial charge >= 0.3 is 0 Å². The fourth-order valence-electron chi connectivity index (χ4n) is 2.89. The highest BCUT2D eigenvalue weighted by Gasteiger charge is 2.22. The van der Waals surface area contributed by atoms with E-state index < -0.39 is 0 Å². The Balaban J connectivity index is 2.12. The highest BCUT2D eigenvalue weighted by molar-refractivity contribution is 5.41. The van der Waals surface area contributed by atoms with Gasteiger partial charge in [0.2, 0.25) is 0 Å². The van der Waals surface area contributed by atoms with Crippen molar-refractivity contribution >= 4 is 0 Å². The lowest BCUT2D eigenvalue weighted by Crippen LogP contribution is -2.45. The summed E-state index contributed by atoms with van der Waals surface area (Å²) in [5.74, 6) is -0.0560. The molecule has 112 valence electrons. The molecular weight excluding hydrogens is 252 g/mol. The van der Waals surface area contributed by atoms with E-state index in [1.54, 1.807) is 12.1 Å². The third kappa shape index (κ3) is 3.87. The summed E-state index contributed by atoms with van der Waals surface area (Å²) in [5.41, 5.74) is 1.11. The monoisotopic (exact) mass is 278 g/mol. The lowest BCUT2D eigenvalue weighted by atomic mass is 9.97. The SMILES string of the molecule is CCCCC[C@H](c1ccc(O)c(O)c1)N1CCNCC1. The lowest BCUT2D eigenvalue weighted by molar-refractivity contribution is 0.162. The van der Waals surface area contributed by atoms with Crippen molar-refractivity contribution in [3.63, 3.8) is 0 Å². The van der Waals surface area contributed by atoms with Gasteiger partial charge in [-0.1, -0.05) is 32.3 Å². The maximum atomic E-state index is 9.74. The molecule has 20 heavy (non-hydrogen) atoms. The molecule has 0 saturated carbocycles. The van der Waals surface area contributed by atoms with Crippen molar-refractivity contribution in [3.8, 4) is 11.5 Å². The number of unbranched alkanes of at least 4 members (excludes halogenated alkanes) is 2. The molecule has 0 aliphatic carbocycles. The molecule has 1 atom stereocenters. The molecule has 1 aromatic carbocycles. The molecule has 1 aromatic rings. The summed E-state index contributed by atoms with van der Waals surface area (Å²) in [6, 6.07) is 5.59. The summed E-state index contributed by atoms with van der Waals surface area (Å²) in [7, 11) is 0. The van der Waals surface area contributed by atoms with Crippen LogP contribution in [0.2, 0.25) is 0 Å². The number of nitrogens with one attached hydrogen (secondary N) is 1. The van der Waals surface area contributed by atoms with Gasteiger partial charge in [-0.25, -0.2) is 0 Å². The minimum atomic E-state index is -0.0404. The average Bonchev–Trinajstić information content (AvgIpc) is 2.48. The van der Waals surface area contributed by atoms with Gasteiger partial charge in [0.25, 0.3) is 0 Å². The topological polar surface area (TPSA) is 55.7 Å². The number of hydrogen-bond acceptors (Lipinski definition) is 4. The molecular formula is C16H26N2O2. The summed E-state index contributed by atoms with van der Waals surface area (Å²) >= 11 is 0. The van der Waals surface area contributed by atoms with Gasteiger partial charge in [-0.3, -0.25) is 4.90 Å². The van der Waals surface area contributed by atoms with E-state index in [1.165, 1.54) is 19.3 Å². The first-order chi connectivity index (χ1) is 9.72.